The van der Waals surface area contributed by atoms with Crippen LogP contribution in [0.2, 0.25) is 0 Å². The summed E-state index contributed by atoms with van der Waals surface area (Å²) in [5, 5.41) is 8.04. The molecule has 0 saturated heterocycles. The first-order valence-electron chi connectivity index (χ1n) is 18.3. The normalized spacial score (nSPS) is 11.0. The van der Waals surface area contributed by atoms with Gasteiger partial charge in [0.15, 0.2) is 0 Å². The second-order valence-electron chi connectivity index (χ2n) is 11.4. The van der Waals surface area contributed by atoms with Crippen LogP contribution in [0.1, 0.15) is 99.0 Å². The van der Waals surface area contributed by atoms with Crippen molar-refractivity contribution >= 4 is 29.4 Å². The van der Waals surface area contributed by atoms with E-state index in [1.807, 2.05) is 13.8 Å². The van der Waals surface area contributed by atoms with E-state index in [4.69, 9.17) is 29.4 Å². The summed E-state index contributed by atoms with van der Waals surface area (Å²) in [6.45, 7) is 17.9. The highest BCUT2D eigenvalue weighted by Gasteiger charge is 2.21. The lowest BCUT2D eigenvalue weighted by atomic mass is 10.1. The average Bonchev–Trinajstić information content (AvgIpc) is 3.11. The summed E-state index contributed by atoms with van der Waals surface area (Å²) in [6.07, 6.45) is 5.23. The minimum Gasteiger partial charge on any atom is -0.461 e. The van der Waals surface area contributed by atoms with Gasteiger partial charge in [-0.25, -0.2) is 0 Å². The highest BCUT2D eigenvalue weighted by molar-refractivity contribution is 5.97. The Hall–Kier alpha value is -3.10. The van der Waals surface area contributed by atoms with Gasteiger partial charge < -0.3 is 45.4 Å². The number of hydrogen-bond donors (Lipinski definition) is 4. The van der Waals surface area contributed by atoms with Gasteiger partial charge in [0.1, 0.15) is 12.6 Å². The summed E-state index contributed by atoms with van der Waals surface area (Å²) >= 11 is 0. The van der Waals surface area contributed by atoms with E-state index < -0.39 is 11.9 Å². The lowest BCUT2D eigenvalue weighted by Gasteiger charge is -2.19. The molecule has 0 aromatic heterocycles. The Morgan fingerprint density at radius 3 is 1.80 bits per heavy atom. The molecule has 0 spiro atoms. The fraction of sp³-hybridized carbons (Fsp3) is 0.730. The lowest BCUT2D eigenvalue weighted by molar-refractivity contribution is -0.148. The van der Waals surface area contributed by atoms with E-state index in [-0.39, 0.29) is 49.9 Å². The number of unbranched alkanes of at least 4 members (excludes halogenated alkanes) is 2. The Morgan fingerprint density at radius 2 is 1.28 bits per heavy atom. The molecule has 5 N–H and O–H groups in total. The molecule has 3 amide bonds. The van der Waals surface area contributed by atoms with E-state index in [1.54, 1.807) is 38.1 Å². The average molecular weight is 713 g/mol. The first-order chi connectivity index (χ1) is 24.2. The van der Waals surface area contributed by atoms with Crippen LogP contribution < -0.4 is 21.7 Å². The van der Waals surface area contributed by atoms with Crippen LogP contribution in [0.25, 0.3) is 0 Å². The standard InChI is InChI=1S/C32H54N4O9.C3H8.C2H6/c1-4-5-15-41-17-19-43-21-22-44-20-18-42-16-13-29(37)34-23-30(38)36-28(8-6-7-14-33)31(39)35-27-11-9-26(10-12-27)24-45-32(40)25(2)3;1-3-2;1-2/h9-12,25,28H,4-8,13-24,33H2,1-3H3,(H,34,37)(H,35,39)(H,36,38);3H2,1-2H3;1-2H3. The second-order valence-corrected chi connectivity index (χ2v) is 11.4. The van der Waals surface area contributed by atoms with E-state index in [9.17, 15) is 19.2 Å². The third kappa shape index (κ3) is 29.8. The molecule has 0 fully saturated rings. The van der Waals surface area contributed by atoms with Crippen molar-refractivity contribution in [3.63, 3.8) is 0 Å². The third-order valence-electron chi connectivity index (χ3n) is 6.35. The fourth-order valence-corrected chi connectivity index (χ4v) is 3.68. The molecule has 1 aromatic rings. The largest absolute Gasteiger partial charge is 0.461 e. The number of carbonyl (C=O) groups excluding carboxylic acids is 4. The Kier molecular flexibility index (Phi) is 35.0. The van der Waals surface area contributed by atoms with Crippen LogP contribution in [0, 0.1) is 5.92 Å². The number of nitrogens with two attached hydrogens (primary N) is 1. The molecule has 0 heterocycles. The fourth-order valence-electron chi connectivity index (χ4n) is 3.68. The second kappa shape index (κ2) is 35.7. The van der Waals surface area contributed by atoms with Gasteiger partial charge in [-0.1, -0.05) is 73.4 Å². The van der Waals surface area contributed by atoms with Gasteiger partial charge >= 0.3 is 5.97 Å². The first-order valence-corrected chi connectivity index (χ1v) is 18.3. The predicted octanol–water partition coefficient (Wildman–Crippen LogP) is 4.75. The Morgan fingerprint density at radius 1 is 0.740 bits per heavy atom. The smallest absolute Gasteiger partial charge is 0.308 e. The number of carbonyl (C=O) groups is 4. The number of amides is 3. The summed E-state index contributed by atoms with van der Waals surface area (Å²) in [5.41, 5.74) is 6.91. The lowest BCUT2D eigenvalue weighted by Crippen LogP contribution is -2.47. The van der Waals surface area contributed by atoms with Crippen LogP contribution in [0.3, 0.4) is 0 Å². The minimum atomic E-state index is -0.805. The Balaban J connectivity index is 0. The van der Waals surface area contributed by atoms with Crippen molar-refractivity contribution in [2.75, 3.05) is 71.3 Å². The number of hydrogen-bond acceptors (Lipinski definition) is 10. The number of anilines is 1. The van der Waals surface area contributed by atoms with Gasteiger partial charge in [0.2, 0.25) is 17.7 Å². The summed E-state index contributed by atoms with van der Waals surface area (Å²) in [5.74, 6) is -1.71. The molecule has 0 aliphatic heterocycles. The monoisotopic (exact) mass is 712 g/mol. The van der Waals surface area contributed by atoms with E-state index in [0.717, 1.165) is 25.0 Å². The van der Waals surface area contributed by atoms with Gasteiger partial charge in [0.25, 0.3) is 0 Å². The summed E-state index contributed by atoms with van der Waals surface area (Å²) in [7, 11) is 0. The van der Waals surface area contributed by atoms with Crippen LogP contribution >= 0.6 is 0 Å². The Labute approximate surface area is 301 Å². The molecule has 13 heteroatoms. The SMILES string of the molecule is CC.CCC.CCCCOCCOCCOCCOCCC(=O)NCC(=O)NC(CCCCN)C(=O)Nc1ccc(COC(=O)C(C)C)cc1. The molecule has 0 aliphatic carbocycles. The van der Waals surface area contributed by atoms with Crippen LogP contribution in [0.15, 0.2) is 24.3 Å². The van der Waals surface area contributed by atoms with E-state index in [2.05, 4.69) is 36.7 Å². The van der Waals surface area contributed by atoms with Crippen LogP contribution in [0.4, 0.5) is 5.69 Å². The zero-order chi connectivity index (χ0) is 37.8. The molecule has 0 saturated carbocycles. The highest BCUT2D eigenvalue weighted by Crippen LogP contribution is 2.13. The van der Waals surface area contributed by atoms with E-state index in [1.165, 1.54) is 6.42 Å². The molecule has 290 valence electrons. The zero-order valence-electron chi connectivity index (χ0n) is 31.9. The maximum absolute atomic E-state index is 13.0. The maximum atomic E-state index is 13.0. The molecular weight excluding hydrogens is 644 g/mol. The van der Waals surface area contributed by atoms with E-state index in [0.29, 0.717) is 71.1 Å². The molecule has 1 aromatic carbocycles. The van der Waals surface area contributed by atoms with Gasteiger partial charge in [0.05, 0.1) is 58.7 Å². The van der Waals surface area contributed by atoms with Crippen LogP contribution in [0.5, 0.6) is 0 Å². The molecule has 0 bridgehead atoms. The van der Waals surface area contributed by atoms with Crippen molar-refractivity contribution in [2.24, 2.45) is 11.7 Å². The van der Waals surface area contributed by atoms with Crippen molar-refractivity contribution < 1.29 is 42.9 Å². The van der Waals surface area contributed by atoms with Crippen molar-refractivity contribution in [1.29, 1.82) is 0 Å². The number of rotatable bonds is 27. The summed E-state index contributed by atoms with van der Waals surface area (Å²) in [6, 6.07) is 6.10. The van der Waals surface area contributed by atoms with Crippen molar-refractivity contribution in [2.45, 2.75) is 106 Å². The van der Waals surface area contributed by atoms with Crippen LogP contribution in [-0.2, 0) is 49.5 Å². The molecule has 1 rings (SSSR count). The topological polar surface area (TPSA) is 177 Å². The Bertz CT molecular complexity index is 978. The van der Waals surface area contributed by atoms with E-state index >= 15 is 0 Å². The predicted molar refractivity (Wildman–Crippen MR) is 198 cm³/mol. The molecule has 1 atom stereocenters. The van der Waals surface area contributed by atoms with Crippen molar-refractivity contribution in [3.05, 3.63) is 29.8 Å². The van der Waals surface area contributed by atoms with Crippen molar-refractivity contribution in [3.8, 4) is 0 Å². The minimum absolute atomic E-state index is 0.0848. The van der Waals surface area contributed by atoms with Crippen LogP contribution in [-0.4, -0.2) is 95.7 Å². The molecule has 0 aliphatic rings. The quantitative estimate of drug-likeness (QED) is 0.0736. The van der Waals surface area contributed by atoms with Crippen molar-refractivity contribution in [1.82, 2.24) is 10.6 Å². The number of esters is 1. The molecule has 50 heavy (non-hydrogen) atoms. The number of nitrogens with one attached hydrogen (secondary N) is 3. The molecule has 0 radical (unpaired) electrons. The molecule has 1 unspecified atom stereocenters. The maximum Gasteiger partial charge on any atom is 0.308 e. The summed E-state index contributed by atoms with van der Waals surface area (Å²) < 4.78 is 26.9. The van der Waals surface area contributed by atoms with Gasteiger partial charge in [-0.2, -0.15) is 0 Å². The summed E-state index contributed by atoms with van der Waals surface area (Å²) in [4.78, 5) is 49.3. The van der Waals surface area contributed by atoms with Gasteiger partial charge in [0, 0.05) is 18.7 Å². The van der Waals surface area contributed by atoms with Gasteiger partial charge in [-0.3, -0.25) is 19.2 Å². The third-order valence-corrected chi connectivity index (χ3v) is 6.35. The molecular formula is C37H68N4O9. The zero-order valence-corrected chi connectivity index (χ0v) is 31.9. The number of ether oxygens (including phenoxy) is 5. The first kappa shape index (κ1) is 49.0. The van der Waals surface area contributed by atoms with Gasteiger partial charge in [-0.15, -0.1) is 0 Å². The highest BCUT2D eigenvalue weighted by atomic mass is 16.6. The molecule has 13 nitrogen and oxygen atoms in total. The van der Waals surface area contributed by atoms with Gasteiger partial charge in [-0.05, 0) is 49.9 Å². The number of benzene rings is 1.